The number of methoxy groups -OCH3 is 1. The van der Waals surface area contributed by atoms with Gasteiger partial charge in [0.15, 0.2) is 6.10 Å². The molecule has 2 N–H and O–H groups in total. The lowest BCUT2D eigenvalue weighted by atomic mass is 10.1. The second-order valence-electron chi connectivity index (χ2n) is 7.01. The molecule has 32 heavy (non-hydrogen) atoms. The van der Waals surface area contributed by atoms with Gasteiger partial charge in [-0.3, -0.25) is 9.52 Å². The summed E-state index contributed by atoms with van der Waals surface area (Å²) < 4.78 is 38.5. The highest BCUT2D eigenvalue weighted by molar-refractivity contribution is 7.92. The van der Waals surface area contributed by atoms with E-state index < -0.39 is 16.1 Å². The van der Waals surface area contributed by atoms with Crippen molar-refractivity contribution < 1.29 is 22.7 Å². The van der Waals surface area contributed by atoms with E-state index in [1.807, 2.05) is 32.0 Å². The molecular formula is C22H24N4O5S. The topological polar surface area (TPSA) is 120 Å². The molecule has 2 aromatic carbocycles. The summed E-state index contributed by atoms with van der Waals surface area (Å²) in [5.41, 5.74) is 2.31. The number of nitrogens with zero attached hydrogens (tertiary/aromatic N) is 2. The number of ether oxygens (including phenoxy) is 2. The number of benzene rings is 2. The van der Waals surface area contributed by atoms with Crippen LogP contribution in [0.3, 0.4) is 0 Å². The Morgan fingerprint density at radius 2 is 1.62 bits per heavy atom. The zero-order valence-corrected chi connectivity index (χ0v) is 18.9. The summed E-state index contributed by atoms with van der Waals surface area (Å²) in [6.45, 7) is 5.48. The molecule has 1 heterocycles. The molecule has 1 unspecified atom stereocenters. The quantitative estimate of drug-likeness (QED) is 0.534. The first kappa shape index (κ1) is 23.0. The van der Waals surface area contributed by atoms with Gasteiger partial charge < -0.3 is 14.8 Å². The van der Waals surface area contributed by atoms with Gasteiger partial charge in [0.2, 0.25) is 5.82 Å². The van der Waals surface area contributed by atoms with E-state index in [1.165, 1.54) is 43.8 Å². The molecule has 3 aromatic rings. The Morgan fingerprint density at radius 1 is 1.00 bits per heavy atom. The summed E-state index contributed by atoms with van der Waals surface area (Å²) >= 11 is 0. The van der Waals surface area contributed by atoms with E-state index in [-0.39, 0.29) is 22.5 Å². The van der Waals surface area contributed by atoms with Crippen LogP contribution in [0.5, 0.6) is 11.6 Å². The van der Waals surface area contributed by atoms with Crippen LogP contribution in [0.4, 0.5) is 11.5 Å². The first-order valence-corrected chi connectivity index (χ1v) is 11.2. The van der Waals surface area contributed by atoms with Gasteiger partial charge in [-0.05, 0) is 56.2 Å². The number of hydrogen-bond donors (Lipinski definition) is 2. The third kappa shape index (κ3) is 5.33. The Hall–Kier alpha value is -3.66. The molecule has 0 saturated carbocycles. The van der Waals surface area contributed by atoms with Crippen LogP contribution < -0.4 is 19.5 Å². The Labute approximate surface area is 186 Å². The second kappa shape index (κ2) is 9.65. The number of aryl methyl sites for hydroxylation is 2. The summed E-state index contributed by atoms with van der Waals surface area (Å²) in [6.07, 6.45) is 1.99. The summed E-state index contributed by atoms with van der Waals surface area (Å²) in [4.78, 5) is 20.4. The Balaban J connectivity index is 1.68. The minimum atomic E-state index is -3.93. The van der Waals surface area contributed by atoms with Crippen molar-refractivity contribution in [3.8, 4) is 11.6 Å². The lowest BCUT2D eigenvalue weighted by Crippen LogP contribution is -2.30. The van der Waals surface area contributed by atoms with Crippen LogP contribution in [0.15, 0.2) is 59.8 Å². The lowest BCUT2D eigenvalue weighted by molar-refractivity contribution is -0.122. The van der Waals surface area contributed by atoms with Gasteiger partial charge in [0.1, 0.15) is 5.75 Å². The van der Waals surface area contributed by atoms with E-state index >= 15 is 0 Å². The Kier molecular flexibility index (Phi) is 6.94. The normalized spacial score (nSPS) is 12.0. The van der Waals surface area contributed by atoms with Crippen molar-refractivity contribution in [2.45, 2.75) is 31.8 Å². The van der Waals surface area contributed by atoms with Crippen molar-refractivity contribution in [2.24, 2.45) is 0 Å². The summed E-state index contributed by atoms with van der Waals surface area (Å²) in [5, 5.41) is 2.73. The molecule has 0 radical (unpaired) electrons. The van der Waals surface area contributed by atoms with Crippen LogP contribution in [0, 0.1) is 13.8 Å². The zero-order chi connectivity index (χ0) is 23.3. The molecule has 1 aromatic heterocycles. The predicted octanol–water partition coefficient (Wildman–Crippen LogP) is 3.31. The molecule has 0 aliphatic rings. The van der Waals surface area contributed by atoms with E-state index in [9.17, 15) is 13.2 Å². The number of anilines is 2. The van der Waals surface area contributed by atoms with E-state index in [0.29, 0.717) is 11.4 Å². The van der Waals surface area contributed by atoms with Gasteiger partial charge in [0, 0.05) is 18.1 Å². The molecule has 1 amide bonds. The second-order valence-corrected chi connectivity index (χ2v) is 8.70. The van der Waals surface area contributed by atoms with Crippen molar-refractivity contribution >= 4 is 27.4 Å². The molecular weight excluding hydrogens is 432 g/mol. The van der Waals surface area contributed by atoms with Gasteiger partial charge in [0.05, 0.1) is 12.0 Å². The molecule has 0 spiro atoms. The van der Waals surface area contributed by atoms with Gasteiger partial charge in [0.25, 0.3) is 21.8 Å². The maximum Gasteiger partial charge on any atom is 0.265 e. The minimum absolute atomic E-state index is 0.0111. The Morgan fingerprint density at radius 3 is 2.25 bits per heavy atom. The predicted molar refractivity (Wildman–Crippen MR) is 120 cm³/mol. The molecule has 168 valence electrons. The van der Waals surface area contributed by atoms with Crippen molar-refractivity contribution in [1.29, 1.82) is 0 Å². The van der Waals surface area contributed by atoms with E-state index in [4.69, 9.17) is 9.47 Å². The van der Waals surface area contributed by atoms with Crippen molar-refractivity contribution in [1.82, 2.24) is 9.97 Å². The third-order valence-corrected chi connectivity index (χ3v) is 5.95. The number of amides is 1. The third-order valence-electron chi connectivity index (χ3n) is 4.59. The fraction of sp³-hybridized carbons (Fsp3) is 0.227. The largest absolute Gasteiger partial charge is 0.480 e. The highest BCUT2D eigenvalue weighted by Gasteiger charge is 2.20. The first-order chi connectivity index (χ1) is 15.2. The molecule has 0 fully saturated rings. The lowest BCUT2D eigenvalue weighted by Gasteiger charge is -2.18. The van der Waals surface area contributed by atoms with Crippen LogP contribution in [0.25, 0.3) is 0 Å². The summed E-state index contributed by atoms with van der Waals surface area (Å²) in [5.74, 6) is 0.343. The molecule has 0 saturated heterocycles. The monoisotopic (exact) mass is 456 g/mol. The standard InChI is InChI=1S/C22H24N4O5S/c1-14-6-5-7-15(2)19(14)31-16(3)21(27)25-17-8-10-18(11-9-17)32(28,29)26-20-22(30-4)24-13-12-23-20/h5-13,16H,1-4H3,(H,23,26)(H,25,27). The SMILES string of the molecule is COc1nccnc1NS(=O)(=O)c1ccc(NC(=O)C(C)Oc2c(C)cccc2C)cc1. The first-order valence-electron chi connectivity index (χ1n) is 9.73. The number of aromatic nitrogens is 2. The van der Waals surface area contributed by atoms with E-state index in [0.717, 1.165) is 11.1 Å². The fourth-order valence-electron chi connectivity index (χ4n) is 2.91. The van der Waals surface area contributed by atoms with E-state index in [2.05, 4.69) is 20.0 Å². The number of sulfonamides is 1. The number of nitrogens with one attached hydrogen (secondary N) is 2. The molecule has 0 aliphatic heterocycles. The Bertz CT molecular complexity index is 1190. The molecule has 9 nitrogen and oxygen atoms in total. The zero-order valence-electron chi connectivity index (χ0n) is 18.1. The number of hydrogen-bond acceptors (Lipinski definition) is 7. The smallest absolute Gasteiger partial charge is 0.265 e. The maximum atomic E-state index is 12.6. The van der Waals surface area contributed by atoms with Crippen LogP contribution in [0.1, 0.15) is 18.1 Å². The molecule has 10 heteroatoms. The highest BCUT2D eigenvalue weighted by atomic mass is 32.2. The number of rotatable bonds is 8. The van der Waals surface area contributed by atoms with Gasteiger partial charge in [-0.2, -0.15) is 0 Å². The molecule has 1 atom stereocenters. The average molecular weight is 457 g/mol. The molecule has 3 rings (SSSR count). The van der Waals surface area contributed by atoms with Crippen LogP contribution in [-0.4, -0.2) is 37.5 Å². The summed E-state index contributed by atoms with van der Waals surface area (Å²) in [7, 11) is -2.56. The molecule has 0 aliphatic carbocycles. The fourth-order valence-corrected chi connectivity index (χ4v) is 3.91. The van der Waals surface area contributed by atoms with Crippen LogP contribution in [0.2, 0.25) is 0 Å². The van der Waals surface area contributed by atoms with Crippen LogP contribution >= 0.6 is 0 Å². The number of carbonyl (C=O) groups is 1. The average Bonchev–Trinajstić information content (AvgIpc) is 2.76. The van der Waals surface area contributed by atoms with E-state index in [1.54, 1.807) is 6.92 Å². The highest BCUT2D eigenvalue weighted by Crippen LogP contribution is 2.25. The number of para-hydroxylation sites is 1. The summed E-state index contributed by atoms with van der Waals surface area (Å²) in [6, 6.07) is 11.5. The van der Waals surface area contributed by atoms with Crippen LogP contribution in [-0.2, 0) is 14.8 Å². The van der Waals surface area contributed by atoms with Gasteiger partial charge in [-0.25, -0.2) is 18.4 Å². The van der Waals surface area contributed by atoms with Crippen molar-refractivity contribution in [2.75, 3.05) is 17.1 Å². The van der Waals surface area contributed by atoms with Crippen molar-refractivity contribution in [3.63, 3.8) is 0 Å². The number of carbonyl (C=O) groups excluding carboxylic acids is 1. The minimum Gasteiger partial charge on any atom is -0.480 e. The van der Waals surface area contributed by atoms with Gasteiger partial charge >= 0.3 is 0 Å². The molecule has 0 bridgehead atoms. The maximum absolute atomic E-state index is 12.6. The van der Waals surface area contributed by atoms with Gasteiger partial charge in [-0.15, -0.1) is 0 Å². The van der Waals surface area contributed by atoms with Crippen molar-refractivity contribution in [3.05, 3.63) is 66.0 Å². The van der Waals surface area contributed by atoms with Gasteiger partial charge in [-0.1, -0.05) is 18.2 Å².